The highest BCUT2D eigenvalue weighted by Gasteiger charge is 2.12. The molecule has 2 aromatic carbocycles. The summed E-state index contributed by atoms with van der Waals surface area (Å²) in [6.07, 6.45) is 3.30. The molecule has 164 valence electrons. The van der Waals surface area contributed by atoms with Crippen LogP contribution in [0.25, 0.3) is 16.9 Å². The maximum absolute atomic E-state index is 5.92. The summed E-state index contributed by atoms with van der Waals surface area (Å²) in [6, 6.07) is 22.3. The third-order valence-electron chi connectivity index (χ3n) is 5.95. The summed E-state index contributed by atoms with van der Waals surface area (Å²) in [5, 5.41) is 4.78. The fraction of sp³-hybridized carbons (Fsp3) is 0.308. The van der Waals surface area contributed by atoms with Crippen molar-refractivity contribution < 1.29 is 9.47 Å². The van der Waals surface area contributed by atoms with Crippen LogP contribution in [0, 0.1) is 0 Å². The Labute approximate surface area is 188 Å². The molecule has 0 unspecified atom stereocenters. The molecule has 1 saturated heterocycles. The van der Waals surface area contributed by atoms with Crippen LogP contribution >= 0.6 is 0 Å². The molecule has 3 heterocycles. The lowest BCUT2D eigenvalue weighted by Crippen LogP contribution is -2.25. The lowest BCUT2D eigenvalue weighted by atomic mass is 10.1. The zero-order valence-corrected chi connectivity index (χ0v) is 18.4. The fourth-order valence-corrected chi connectivity index (χ4v) is 4.19. The van der Waals surface area contributed by atoms with Crippen LogP contribution in [-0.2, 0) is 6.42 Å². The van der Waals surface area contributed by atoms with Crippen molar-refractivity contribution in [2.45, 2.75) is 19.3 Å². The number of fused-ring (bicyclic) bond motifs is 1. The maximum atomic E-state index is 5.92. The quantitative estimate of drug-likeness (QED) is 0.414. The Morgan fingerprint density at radius 2 is 1.62 bits per heavy atom. The fourth-order valence-electron chi connectivity index (χ4n) is 4.19. The molecule has 0 spiro atoms. The topological polar surface area (TPSA) is 51.9 Å². The second-order valence-electron chi connectivity index (χ2n) is 8.16. The van der Waals surface area contributed by atoms with Crippen LogP contribution in [0.2, 0.25) is 0 Å². The molecule has 32 heavy (non-hydrogen) atoms. The van der Waals surface area contributed by atoms with E-state index in [1.54, 1.807) is 7.11 Å². The van der Waals surface area contributed by atoms with Crippen LogP contribution in [0.5, 0.6) is 11.5 Å². The first-order chi connectivity index (χ1) is 15.8. The van der Waals surface area contributed by atoms with Gasteiger partial charge in [-0.2, -0.15) is 5.10 Å². The molecule has 0 radical (unpaired) electrons. The van der Waals surface area contributed by atoms with Gasteiger partial charge >= 0.3 is 0 Å². The third kappa shape index (κ3) is 4.60. The highest BCUT2D eigenvalue weighted by atomic mass is 16.5. The molecule has 1 aliphatic rings. The zero-order chi connectivity index (χ0) is 21.8. The molecule has 0 amide bonds. The lowest BCUT2D eigenvalue weighted by molar-refractivity contribution is 0.238. The largest absolute Gasteiger partial charge is 0.497 e. The van der Waals surface area contributed by atoms with Crippen LogP contribution in [-0.4, -0.2) is 52.8 Å². The Hall–Kier alpha value is -3.38. The molecule has 6 nitrogen and oxygen atoms in total. The first-order valence-electron chi connectivity index (χ1n) is 11.2. The van der Waals surface area contributed by atoms with Gasteiger partial charge in [-0.3, -0.25) is 4.90 Å². The summed E-state index contributed by atoms with van der Waals surface area (Å²) in [4.78, 5) is 7.20. The maximum Gasteiger partial charge on any atom is 0.156 e. The molecule has 0 bridgehead atoms. The summed E-state index contributed by atoms with van der Waals surface area (Å²) in [5.74, 6) is 2.55. The molecule has 5 rings (SSSR count). The smallest absolute Gasteiger partial charge is 0.156 e. The van der Waals surface area contributed by atoms with Crippen LogP contribution in [0.4, 0.5) is 0 Å². The SMILES string of the molecule is COc1ccc(-c2cccc3nc(Cc4ccc(OCCN5CCCC5)cc4)nn23)cc1. The highest BCUT2D eigenvalue weighted by molar-refractivity contribution is 5.63. The normalized spacial score (nSPS) is 14.2. The number of pyridine rings is 1. The van der Waals surface area contributed by atoms with E-state index < -0.39 is 0 Å². The van der Waals surface area contributed by atoms with E-state index in [2.05, 4.69) is 23.1 Å². The Morgan fingerprint density at radius 3 is 2.38 bits per heavy atom. The molecular formula is C26H28N4O2. The van der Waals surface area contributed by atoms with Gasteiger partial charge in [0, 0.05) is 18.5 Å². The number of methoxy groups -OCH3 is 1. The van der Waals surface area contributed by atoms with Crippen molar-refractivity contribution in [3.63, 3.8) is 0 Å². The van der Waals surface area contributed by atoms with E-state index in [-0.39, 0.29) is 0 Å². The van der Waals surface area contributed by atoms with E-state index in [1.807, 2.05) is 53.0 Å². The predicted molar refractivity (Wildman–Crippen MR) is 125 cm³/mol. The van der Waals surface area contributed by atoms with Crippen molar-refractivity contribution >= 4 is 5.65 Å². The third-order valence-corrected chi connectivity index (χ3v) is 5.95. The minimum absolute atomic E-state index is 0.678. The van der Waals surface area contributed by atoms with Gasteiger partial charge < -0.3 is 9.47 Å². The average Bonchev–Trinajstić information content (AvgIpc) is 3.49. The van der Waals surface area contributed by atoms with Gasteiger partial charge in [0.2, 0.25) is 0 Å². The summed E-state index contributed by atoms with van der Waals surface area (Å²) < 4.78 is 13.1. The number of nitrogens with zero attached hydrogens (tertiary/aromatic N) is 4. The second kappa shape index (κ2) is 9.40. The summed E-state index contributed by atoms with van der Waals surface area (Å²) in [5.41, 5.74) is 4.09. The van der Waals surface area contributed by atoms with Gasteiger partial charge in [-0.15, -0.1) is 0 Å². The Kier molecular flexibility index (Phi) is 6.03. The minimum Gasteiger partial charge on any atom is -0.497 e. The first kappa shape index (κ1) is 20.5. The van der Waals surface area contributed by atoms with Gasteiger partial charge in [0.15, 0.2) is 11.5 Å². The first-order valence-corrected chi connectivity index (χ1v) is 11.2. The van der Waals surface area contributed by atoms with E-state index in [9.17, 15) is 0 Å². The summed E-state index contributed by atoms with van der Waals surface area (Å²) in [6.45, 7) is 4.15. The highest BCUT2D eigenvalue weighted by Crippen LogP contribution is 2.23. The van der Waals surface area contributed by atoms with Gasteiger partial charge in [-0.05, 0) is 80.0 Å². The van der Waals surface area contributed by atoms with E-state index in [0.717, 1.165) is 47.4 Å². The van der Waals surface area contributed by atoms with Crippen molar-refractivity contribution in [2.24, 2.45) is 0 Å². The molecular weight excluding hydrogens is 400 g/mol. The molecule has 4 aromatic rings. The van der Waals surface area contributed by atoms with Gasteiger partial charge in [0.05, 0.1) is 12.8 Å². The van der Waals surface area contributed by atoms with Crippen molar-refractivity contribution in [1.29, 1.82) is 0 Å². The van der Waals surface area contributed by atoms with Crippen molar-refractivity contribution in [2.75, 3.05) is 33.4 Å². The number of rotatable bonds is 8. The molecule has 0 saturated carbocycles. The Morgan fingerprint density at radius 1 is 0.875 bits per heavy atom. The minimum atomic E-state index is 0.678. The van der Waals surface area contributed by atoms with Crippen LogP contribution in [0.1, 0.15) is 24.2 Å². The Bertz CT molecular complexity index is 1160. The van der Waals surface area contributed by atoms with Crippen LogP contribution < -0.4 is 9.47 Å². The molecule has 0 atom stereocenters. The van der Waals surface area contributed by atoms with Crippen molar-refractivity contribution in [1.82, 2.24) is 19.5 Å². The lowest BCUT2D eigenvalue weighted by Gasteiger charge is -2.14. The monoisotopic (exact) mass is 428 g/mol. The van der Waals surface area contributed by atoms with E-state index in [1.165, 1.54) is 31.5 Å². The predicted octanol–water partition coefficient (Wildman–Crippen LogP) is 4.47. The molecule has 1 aliphatic heterocycles. The standard InChI is InChI=1S/C26H28N4O2/c1-31-22-13-9-21(10-14-22)24-5-4-6-26-27-25(28-30(24)26)19-20-7-11-23(12-8-20)32-18-17-29-15-2-3-16-29/h4-14H,2-3,15-19H2,1H3. The molecule has 2 aromatic heterocycles. The number of likely N-dealkylation sites (tertiary alicyclic amines) is 1. The van der Waals surface area contributed by atoms with Crippen LogP contribution in [0.15, 0.2) is 66.7 Å². The molecule has 0 N–H and O–H groups in total. The van der Waals surface area contributed by atoms with Gasteiger partial charge in [0.1, 0.15) is 18.1 Å². The van der Waals surface area contributed by atoms with Crippen molar-refractivity contribution in [3.8, 4) is 22.8 Å². The summed E-state index contributed by atoms with van der Waals surface area (Å²) >= 11 is 0. The van der Waals surface area contributed by atoms with Gasteiger partial charge in [0.25, 0.3) is 0 Å². The van der Waals surface area contributed by atoms with Crippen molar-refractivity contribution in [3.05, 3.63) is 78.1 Å². The molecule has 6 heteroatoms. The van der Waals surface area contributed by atoms with Gasteiger partial charge in [-0.1, -0.05) is 18.2 Å². The average molecular weight is 429 g/mol. The molecule has 1 fully saturated rings. The number of hydrogen-bond donors (Lipinski definition) is 0. The van der Waals surface area contributed by atoms with Gasteiger partial charge in [-0.25, -0.2) is 9.50 Å². The number of hydrogen-bond acceptors (Lipinski definition) is 5. The van der Waals surface area contributed by atoms with E-state index in [0.29, 0.717) is 6.42 Å². The summed E-state index contributed by atoms with van der Waals surface area (Å²) in [7, 11) is 1.67. The second-order valence-corrected chi connectivity index (χ2v) is 8.16. The van der Waals surface area contributed by atoms with E-state index >= 15 is 0 Å². The zero-order valence-electron chi connectivity index (χ0n) is 18.4. The number of aromatic nitrogens is 3. The van der Waals surface area contributed by atoms with E-state index in [4.69, 9.17) is 19.6 Å². The molecule has 0 aliphatic carbocycles. The number of benzene rings is 2. The van der Waals surface area contributed by atoms with Crippen LogP contribution in [0.3, 0.4) is 0 Å². The number of ether oxygens (including phenoxy) is 2. The Balaban J connectivity index is 1.26.